The number of allylic oxidation sites excluding steroid dienone is 5. The monoisotopic (exact) mass is 549 g/mol. The molecule has 3 aliphatic rings. The number of Topliss-reactive ketones (excluding diaryl/α,β-unsaturated/α-hetero) is 1. The van der Waals surface area contributed by atoms with Gasteiger partial charge in [0, 0.05) is 53.0 Å². The molecule has 0 amide bonds. The SMILES string of the molecule is CN1/C(=C\C2=C(C(=C=N)C#N)C(CC3=[N+](CCC(=O)O)c4ccc(C(=O)O)cc4C3)C2=O)C(C)(C)c2ccccc21. The van der Waals surface area contributed by atoms with Gasteiger partial charge >= 0.3 is 11.9 Å². The number of carboxylic acid groups (broad SMARTS) is 2. The number of carbonyl (C=O) groups excluding carboxylic acids is 1. The topological polar surface area (TPSA) is 146 Å². The third kappa shape index (κ3) is 4.48. The number of ketones is 1. The van der Waals surface area contributed by atoms with Gasteiger partial charge in [0.05, 0.1) is 17.9 Å². The average Bonchev–Trinajstić information content (AvgIpc) is 3.39. The van der Waals surface area contributed by atoms with Crippen LogP contribution in [0, 0.1) is 22.7 Å². The number of hydrogen-bond acceptors (Lipinski definition) is 6. The van der Waals surface area contributed by atoms with Gasteiger partial charge in [-0.3, -0.25) is 15.0 Å². The lowest BCUT2D eigenvalue weighted by Crippen LogP contribution is -2.36. The minimum atomic E-state index is -1.06. The van der Waals surface area contributed by atoms with E-state index in [-0.39, 0.29) is 36.3 Å². The van der Waals surface area contributed by atoms with Crippen molar-refractivity contribution >= 4 is 40.7 Å². The van der Waals surface area contributed by atoms with Gasteiger partial charge in [-0.15, -0.1) is 0 Å². The highest BCUT2D eigenvalue weighted by Crippen LogP contribution is 2.49. The second-order valence-corrected chi connectivity index (χ2v) is 11.0. The lowest BCUT2D eigenvalue weighted by molar-refractivity contribution is -0.438. The van der Waals surface area contributed by atoms with Gasteiger partial charge < -0.3 is 15.1 Å². The summed E-state index contributed by atoms with van der Waals surface area (Å²) in [5, 5.41) is 36.4. The first kappa shape index (κ1) is 27.5. The van der Waals surface area contributed by atoms with Crippen molar-refractivity contribution in [2.24, 2.45) is 5.92 Å². The Balaban J connectivity index is 1.56. The molecule has 5 rings (SSSR count). The highest BCUT2D eigenvalue weighted by atomic mass is 16.4. The predicted octanol–water partition coefficient (Wildman–Crippen LogP) is 4.40. The second kappa shape index (κ2) is 10.2. The first-order chi connectivity index (χ1) is 19.5. The Labute approximate surface area is 237 Å². The summed E-state index contributed by atoms with van der Waals surface area (Å²) in [5.74, 6) is -0.699. The van der Waals surface area contributed by atoms with E-state index < -0.39 is 23.3 Å². The van der Waals surface area contributed by atoms with Crippen LogP contribution in [0.15, 0.2) is 71.0 Å². The number of carboxylic acids is 2. The number of fused-ring (bicyclic) bond motifs is 2. The fourth-order valence-corrected chi connectivity index (χ4v) is 6.28. The maximum absolute atomic E-state index is 13.7. The summed E-state index contributed by atoms with van der Waals surface area (Å²) in [6, 6.07) is 14.7. The molecule has 1 unspecified atom stereocenters. The van der Waals surface area contributed by atoms with E-state index in [1.165, 1.54) is 6.07 Å². The number of nitriles is 1. The maximum Gasteiger partial charge on any atom is 0.335 e. The number of nitrogens with one attached hydrogen (secondary N) is 1. The van der Waals surface area contributed by atoms with Crippen molar-refractivity contribution < 1.29 is 29.2 Å². The van der Waals surface area contributed by atoms with Crippen molar-refractivity contribution in [3.8, 4) is 6.07 Å². The van der Waals surface area contributed by atoms with Crippen LogP contribution in [0.25, 0.3) is 0 Å². The predicted molar refractivity (Wildman–Crippen MR) is 152 cm³/mol. The summed E-state index contributed by atoms with van der Waals surface area (Å²) in [5.41, 5.74) is 5.80. The molecule has 9 heteroatoms. The Hall–Kier alpha value is -5.06. The number of aromatic carboxylic acids is 1. The summed E-state index contributed by atoms with van der Waals surface area (Å²) in [6.07, 6.45) is 2.24. The molecule has 0 saturated carbocycles. The molecule has 1 aliphatic carbocycles. The fraction of sp³-hybridized carbons (Fsp3) is 0.281. The van der Waals surface area contributed by atoms with Gasteiger partial charge in [-0.1, -0.05) is 32.0 Å². The van der Waals surface area contributed by atoms with Crippen molar-refractivity contribution in [3.05, 3.63) is 87.6 Å². The Morgan fingerprint density at radius 3 is 2.59 bits per heavy atom. The van der Waals surface area contributed by atoms with Gasteiger partial charge in [-0.25, -0.2) is 4.79 Å². The Bertz CT molecular complexity index is 1730. The Kier molecular flexibility index (Phi) is 6.82. The molecule has 0 saturated heterocycles. The summed E-state index contributed by atoms with van der Waals surface area (Å²) >= 11 is 0. The zero-order valence-electron chi connectivity index (χ0n) is 23.0. The molecular weight excluding hydrogens is 520 g/mol. The van der Waals surface area contributed by atoms with Gasteiger partial charge in [0.15, 0.2) is 18.0 Å². The molecule has 0 radical (unpaired) electrons. The van der Waals surface area contributed by atoms with E-state index in [4.69, 9.17) is 5.41 Å². The van der Waals surface area contributed by atoms with Crippen molar-refractivity contribution in [2.75, 3.05) is 18.5 Å². The van der Waals surface area contributed by atoms with Crippen molar-refractivity contribution in [1.29, 1.82) is 10.7 Å². The van der Waals surface area contributed by atoms with Crippen LogP contribution in [0.4, 0.5) is 11.4 Å². The van der Waals surface area contributed by atoms with E-state index in [1.807, 2.05) is 46.9 Å². The van der Waals surface area contributed by atoms with Crippen LogP contribution in [0.1, 0.15) is 48.2 Å². The van der Waals surface area contributed by atoms with Crippen molar-refractivity contribution in [2.45, 2.75) is 38.5 Å². The van der Waals surface area contributed by atoms with E-state index in [0.29, 0.717) is 23.3 Å². The number of rotatable bonds is 8. The summed E-state index contributed by atoms with van der Waals surface area (Å²) in [4.78, 5) is 38.7. The maximum atomic E-state index is 13.7. The normalized spacial score (nSPS) is 19.5. The quantitative estimate of drug-likeness (QED) is 0.251. The van der Waals surface area contributed by atoms with Crippen LogP contribution >= 0.6 is 0 Å². The molecule has 1 atom stereocenters. The van der Waals surface area contributed by atoms with Crippen LogP contribution in [-0.2, 0) is 21.4 Å². The van der Waals surface area contributed by atoms with Crippen LogP contribution in [0.2, 0.25) is 0 Å². The van der Waals surface area contributed by atoms with E-state index in [0.717, 1.165) is 28.2 Å². The molecule has 9 nitrogen and oxygen atoms in total. The van der Waals surface area contributed by atoms with Crippen molar-refractivity contribution in [1.82, 2.24) is 0 Å². The minimum Gasteiger partial charge on any atom is -0.481 e. The van der Waals surface area contributed by atoms with Crippen LogP contribution in [-0.4, -0.2) is 57.7 Å². The number of nitrogens with zero attached hydrogens (tertiary/aromatic N) is 3. The smallest absolute Gasteiger partial charge is 0.335 e. The molecule has 0 bridgehead atoms. The number of benzene rings is 2. The Morgan fingerprint density at radius 1 is 1.22 bits per heavy atom. The molecule has 3 N–H and O–H groups in total. The number of aliphatic carboxylic acids is 1. The molecule has 0 aromatic heterocycles. The highest BCUT2D eigenvalue weighted by molar-refractivity contribution is 6.14. The third-order valence-electron chi connectivity index (χ3n) is 8.33. The molecular formula is C32H29N4O5+. The highest BCUT2D eigenvalue weighted by Gasteiger charge is 2.46. The van der Waals surface area contributed by atoms with Crippen LogP contribution in [0.3, 0.4) is 0 Å². The zero-order chi connectivity index (χ0) is 29.6. The standard InChI is InChI=1S/C32H28N4O5/c1-32(2)24-6-4-5-7-26(24)35(3)27(32)15-23-29(20(16-33)17-34)22(30(23)39)14-21-13-19-12-18(31(40)41)8-9-25(19)36(21)11-10-28(37)38/h4-9,12,15,22,33H,10-11,13-14H2,1-3H3,(H-,37,38,40,41)/p+1/b27-15-. The number of hydrogen-bond donors (Lipinski definition) is 3. The van der Waals surface area contributed by atoms with Gasteiger partial charge in [0.1, 0.15) is 18.1 Å². The molecule has 2 aliphatic heterocycles. The first-order valence-corrected chi connectivity index (χ1v) is 13.2. The number of carbonyl (C=O) groups is 3. The van der Waals surface area contributed by atoms with E-state index in [2.05, 4.69) is 25.8 Å². The number of likely N-dealkylation sites (N-methyl/N-ethyl adjacent to an activating group) is 1. The van der Waals surface area contributed by atoms with E-state index in [9.17, 15) is 29.9 Å². The van der Waals surface area contributed by atoms with Gasteiger partial charge in [-0.05, 0) is 35.7 Å². The molecule has 2 heterocycles. The molecule has 41 heavy (non-hydrogen) atoms. The van der Waals surface area contributed by atoms with Gasteiger partial charge in [0.2, 0.25) is 5.69 Å². The summed E-state index contributed by atoms with van der Waals surface area (Å²) < 4.78 is 1.83. The van der Waals surface area contributed by atoms with E-state index >= 15 is 0 Å². The fourth-order valence-electron chi connectivity index (χ4n) is 6.28. The average molecular weight is 550 g/mol. The molecule has 0 spiro atoms. The molecule has 0 fully saturated rings. The lowest BCUT2D eigenvalue weighted by Gasteiger charge is -2.32. The van der Waals surface area contributed by atoms with Crippen LogP contribution in [0.5, 0.6) is 0 Å². The lowest BCUT2D eigenvalue weighted by atomic mass is 9.69. The van der Waals surface area contributed by atoms with Crippen molar-refractivity contribution in [3.63, 3.8) is 0 Å². The van der Waals surface area contributed by atoms with Gasteiger partial charge in [-0.2, -0.15) is 9.84 Å². The van der Waals surface area contributed by atoms with Gasteiger partial charge in [0.25, 0.3) is 0 Å². The summed E-state index contributed by atoms with van der Waals surface area (Å²) in [6.45, 7) is 4.32. The Morgan fingerprint density at radius 2 is 1.95 bits per heavy atom. The zero-order valence-corrected chi connectivity index (χ0v) is 23.0. The molecule has 2 aromatic carbocycles. The number of anilines is 1. The minimum absolute atomic E-state index is 0.0150. The largest absolute Gasteiger partial charge is 0.481 e. The van der Waals surface area contributed by atoms with Crippen LogP contribution < -0.4 is 4.90 Å². The molecule has 2 aromatic rings. The first-order valence-electron chi connectivity index (χ1n) is 13.2. The molecule has 206 valence electrons. The number of para-hydroxylation sites is 1. The summed E-state index contributed by atoms with van der Waals surface area (Å²) in [7, 11) is 1.94. The third-order valence-corrected chi connectivity index (χ3v) is 8.33. The second-order valence-electron chi connectivity index (χ2n) is 11.0. The van der Waals surface area contributed by atoms with E-state index in [1.54, 1.807) is 12.1 Å².